The maximum Gasteiger partial charge on any atom is 0.246 e. The molecule has 3 atom stereocenters. The Morgan fingerprint density at radius 1 is 1.28 bits per heavy atom. The Morgan fingerprint density at radius 2 is 1.89 bits per heavy atom. The van der Waals surface area contributed by atoms with E-state index in [1.807, 2.05) is 52.5 Å². The number of carbonyl (C=O) groups excluding carboxylic acids is 1. The molecular formula is C26H34Cl2N6O2. The molecule has 3 rings (SSSR count). The SMILES string of the molecule is C=CC(=O)N1[C@H](C)CN(C2=NC(O)N(C(/C(C)=C\C)=C(/N=C)C(C)C)c3nc(Cl)c(Cl)cc32)C[C@@H]1C. The number of fused-ring (bicyclic) bond motifs is 1. The minimum atomic E-state index is -1.30. The molecule has 0 aliphatic carbocycles. The number of amides is 1. The van der Waals surface area contributed by atoms with E-state index < -0.39 is 6.35 Å². The Morgan fingerprint density at radius 3 is 2.39 bits per heavy atom. The minimum Gasteiger partial charge on any atom is -0.355 e. The van der Waals surface area contributed by atoms with Crippen molar-refractivity contribution < 1.29 is 9.90 Å². The first kappa shape index (κ1) is 27.9. The van der Waals surface area contributed by atoms with E-state index in [4.69, 9.17) is 28.2 Å². The second-order valence-corrected chi connectivity index (χ2v) is 10.1. The molecule has 0 saturated carbocycles. The molecule has 1 fully saturated rings. The number of hydrogen-bond acceptors (Lipinski definition) is 7. The topological polar surface area (TPSA) is 84.6 Å². The normalized spacial score (nSPS) is 23.3. The molecule has 2 aliphatic rings. The number of amidine groups is 1. The maximum absolute atomic E-state index is 12.4. The van der Waals surface area contributed by atoms with Gasteiger partial charge in [0.15, 0.2) is 0 Å². The number of aliphatic hydroxyl groups is 1. The first-order valence-corrected chi connectivity index (χ1v) is 12.7. The van der Waals surface area contributed by atoms with Gasteiger partial charge in [0.05, 0.1) is 22.0 Å². The number of aliphatic hydroxyl groups excluding tert-OH is 1. The van der Waals surface area contributed by atoms with Crippen LogP contribution in [-0.2, 0) is 4.79 Å². The quantitative estimate of drug-likeness (QED) is 0.253. The van der Waals surface area contributed by atoms with Crippen LogP contribution in [0.4, 0.5) is 5.82 Å². The van der Waals surface area contributed by atoms with Gasteiger partial charge in [-0.05, 0) is 58.0 Å². The number of aliphatic imine (C=N–C) groups is 2. The van der Waals surface area contributed by atoms with Crippen molar-refractivity contribution in [1.29, 1.82) is 0 Å². The van der Waals surface area contributed by atoms with Crippen LogP contribution in [-0.4, -0.2) is 69.9 Å². The lowest BCUT2D eigenvalue weighted by Gasteiger charge is -2.46. The van der Waals surface area contributed by atoms with Crippen molar-refractivity contribution in [2.45, 2.75) is 60.0 Å². The van der Waals surface area contributed by atoms with Crippen LogP contribution >= 0.6 is 23.2 Å². The van der Waals surface area contributed by atoms with E-state index >= 15 is 0 Å². The van der Waals surface area contributed by atoms with Crippen LogP contribution < -0.4 is 4.90 Å². The third kappa shape index (κ3) is 5.08. The van der Waals surface area contributed by atoms with Crippen LogP contribution in [0.15, 0.2) is 51.7 Å². The van der Waals surface area contributed by atoms with Gasteiger partial charge in [0.2, 0.25) is 12.3 Å². The summed E-state index contributed by atoms with van der Waals surface area (Å²) in [5.41, 5.74) is 2.86. The maximum atomic E-state index is 12.4. The second-order valence-electron chi connectivity index (χ2n) is 9.37. The third-order valence-corrected chi connectivity index (χ3v) is 7.18. The fourth-order valence-corrected chi connectivity index (χ4v) is 5.13. The molecule has 3 heterocycles. The van der Waals surface area contributed by atoms with E-state index in [2.05, 4.69) is 28.2 Å². The molecule has 0 aromatic carbocycles. The summed E-state index contributed by atoms with van der Waals surface area (Å²) in [5.74, 6) is 0.871. The van der Waals surface area contributed by atoms with Gasteiger partial charge in [0.25, 0.3) is 0 Å². The summed E-state index contributed by atoms with van der Waals surface area (Å²) < 4.78 is 0. The van der Waals surface area contributed by atoms with Crippen LogP contribution in [0.3, 0.4) is 0 Å². The Bertz CT molecular complexity index is 1150. The lowest BCUT2D eigenvalue weighted by molar-refractivity contribution is -0.132. The average Bonchev–Trinajstić information content (AvgIpc) is 2.82. The molecule has 1 unspecified atom stereocenters. The van der Waals surface area contributed by atoms with Crippen molar-refractivity contribution in [2.24, 2.45) is 15.9 Å². The van der Waals surface area contributed by atoms with Crippen LogP contribution in [0.2, 0.25) is 10.2 Å². The lowest BCUT2D eigenvalue weighted by atomic mass is 10.0. The molecule has 36 heavy (non-hydrogen) atoms. The van der Waals surface area contributed by atoms with E-state index in [-0.39, 0.29) is 34.1 Å². The van der Waals surface area contributed by atoms with Crippen LogP contribution in [0.25, 0.3) is 0 Å². The fraction of sp³-hybridized carbons (Fsp3) is 0.462. The zero-order valence-electron chi connectivity index (χ0n) is 21.7. The molecule has 1 amide bonds. The molecule has 1 N–H and O–H groups in total. The lowest BCUT2D eigenvalue weighted by Crippen LogP contribution is -2.60. The van der Waals surface area contributed by atoms with Gasteiger partial charge in [-0.3, -0.25) is 14.7 Å². The van der Waals surface area contributed by atoms with Gasteiger partial charge < -0.3 is 14.9 Å². The number of piperazine rings is 1. The molecule has 10 heteroatoms. The minimum absolute atomic E-state index is 0.0216. The monoisotopic (exact) mass is 532 g/mol. The number of nitrogens with zero attached hydrogens (tertiary/aromatic N) is 6. The zero-order valence-corrected chi connectivity index (χ0v) is 23.2. The molecule has 1 saturated heterocycles. The molecule has 194 valence electrons. The predicted octanol–water partition coefficient (Wildman–Crippen LogP) is 4.87. The van der Waals surface area contributed by atoms with Crippen LogP contribution in [0.1, 0.15) is 47.1 Å². The van der Waals surface area contributed by atoms with Gasteiger partial charge >= 0.3 is 0 Å². The Balaban J connectivity index is 2.19. The van der Waals surface area contributed by atoms with Crippen molar-refractivity contribution in [3.05, 3.63) is 57.5 Å². The van der Waals surface area contributed by atoms with Crippen molar-refractivity contribution in [2.75, 3.05) is 18.0 Å². The van der Waals surface area contributed by atoms with Gasteiger partial charge in [-0.1, -0.05) is 49.7 Å². The standard InChI is InChI=1S/C26H34Cl2N6O2/c1-9-15(5)22(21(29-8)14(3)4)34-25-18(11-19(27)23(28)30-25)24(31-26(34)36)32-12-16(6)33(17(7)13-32)20(35)10-2/h9-11,14,16-17,26,36H,2,8,12-13H2,1,3-7H3/b15-9-,22-21+/t16-,17+,26?. The highest BCUT2D eigenvalue weighted by Crippen LogP contribution is 2.39. The summed E-state index contributed by atoms with van der Waals surface area (Å²) >= 11 is 12.8. The first-order valence-electron chi connectivity index (χ1n) is 11.9. The van der Waals surface area contributed by atoms with E-state index in [0.717, 1.165) is 5.57 Å². The number of pyridine rings is 1. The Labute approximate surface area is 223 Å². The Hall–Kier alpha value is -2.68. The summed E-state index contributed by atoms with van der Waals surface area (Å²) in [4.78, 5) is 31.5. The molecule has 0 spiro atoms. The van der Waals surface area contributed by atoms with Crippen molar-refractivity contribution in [3.63, 3.8) is 0 Å². The summed E-state index contributed by atoms with van der Waals surface area (Å²) in [7, 11) is 0. The highest BCUT2D eigenvalue weighted by atomic mass is 35.5. The smallest absolute Gasteiger partial charge is 0.246 e. The van der Waals surface area contributed by atoms with Gasteiger partial charge in [-0.25, -0.2) is 9.98 Å². The summed E-state index contributed by atoms with van der Waals surface area (Å²) in [6, 6.07) is 1.52. The van der Waals surface area contributed by atoms with E-state index in [1.165, 1.54) is 6.08 Å². The highest BCUT2D eigenvalue weighted by molar-refractivity contribution is 6.41. The molecule has 2 aliphatic heterocycles. The van der Waals surface area contributed by atoms with Crippen LogP contribution in [0, 0.1) is 5.92 Å². The largest absolute Gasteiger partial charge is 0.355 e. The summed E-state index contributed by atoms with van der Waals surface area (Å²) in [5, 5.41) is 11.8. The van der Waals surface area contributed by atoms with Crippen molar-refractivity contribution in [1.82, 2.24) is 14.8 Å². The number of aromatic nitrogens is 1. The molecule has 0 radical (unpaired) electrons. The van der Waals surface area contributed by atoms with E-state index in [9.17, 15) is 9.90 Å². The molecule has 1 aromatic rings. The van der Waals surface area contributed by atoms with Crippen molar-refractivity contribution >= 4 is 47.5 Å². The molecular weight excluding hydrogens is 499 g/mol. The number of anilines is 1. The first-order chi connectivity index (χ1) is 17.0. The van der Waals surface area contributed by atoms with Gasteiger partial charge in [-0.2, -0.15) is 0 Å². The molecule has 0 bridgehead atoms. The molecule has 1 aromatic heterocycles. The van der Waals surface area contributed by atoms with E-state index in [0.29, 0.717) is 41.7 Å². The fourth-order valence-electron chi connectivity index (χ4n) is 4.84. The number of allylic oxidation sites excluding steroid dienone is 3. The van der Waals surface area contributed by atoms with Gasteiger partial charge in [0.1, 0.15) is 16.8 Å². The summed E-state index contributed by atoms with van der Waals surface area (Å²) in [6.07, 6.45) is 1.97. The number of hydrogen-bond donors (Lipinski definition) is 1. The third-order valence-electron chi connectivity index (χ3n) is 6.51. The van der Waals surface area contributed by atoms with Crippen LogP contribution in [0.5, 0.6) is 0 Å². The van der Waals surface area contributed by atoms with Gasteiger partial charge in [0, 0.05) is 25.2 Å². The Kier molecular flexibility index (Phi) is 8.64. The van der Waals surface area contributed by atoms with Crippen molar-refractivity contribution in [3.8, 4) is 0 Å². The average molecular weight is 534 g/mol. The predicted molar refractivity (Wildman–Crippen MR) is 148 cm³/mol. The zero-order chi connectivity index (χ0) is 26.9. The summed E-state index contributed by atoms with van der Waals surface area (Å²) in [6.45, 7) is 20.2. The number of carbonyl (C=O) groups is 1. The number of rotatable bonds is 5. The van der Waals surface area contributed by atoms with E-state index in [1.54, 1.807) is 11.0 Å². The second kappa shape index (κ2) is 11.2. The number of halogens is 2. The highest BCUT2D eigenvalue weighted by Gasteiger charge is 2.39. The van der Waals surface area contributed by atoms with Gasteiger partial charge in [-0.15, -0.1) is 0 Å². The molecule has 8 nitrogen and oxygen atoms in total.